The van der Waals surface area contributed by atoms with Crippen LogP contribution in [0.15, 0.2) is 30.5 Å². The number of rotatable bonds is 5. The molecule has 0 saturated heterocycles. The summed E-state index contributed by atoms with van der Waals surface area (Å²) < 4.78 is 6.23. The van der Waals surface area contributed by atoms with Gasteiger partial charge in [-0.05, 0) is 68.3 Å². The zero-order valence-corrected chi connectivity index (χ0v) is 17.5. The molecule has 26 heavy (non-hydrogen) atoms. The highest BCUT2D eigenvalue weighted by Crippen LogP contribution is 2.45. The smallest absolute Gasteiger partial charge is 0.188 e. The maximum absolute atomic E-state index is 10.5. The molecule has 142 valence electrons. The third kappa shape index (κ3) is 4.21. The molecule has 5 heteroatoms. The molecular weight excluding hydrogens is 340 g/mol. The van der Waals surface area contributed by atoms with E-state index >= 15 is 0 Å². The Morgan fingerprint density at radius 1 is 1.23 bits per heavy atom. The van der Waals surface area contributed by atoms with E-state index in [-0.39, 0.29) is 11.1 Å². The van der Waals surface area contributed by atoms with E-state index in [2.05, 4.69) is 31.9 Å². The van der Waals surface area contributed by atoms with Gasteiger partial charge >= 0.3 is 0 Å². The van der Waals surface area contributed by atoms with Crippen molar-refractivity contribution in [2.75, 3.05) is 5.73 Å². The van der Waals surface area contributed by atoms with Crippen molar-refractivity contribution in [1.29, 1.82) is 0 Å². The minimum atomic E-state index is -2.14. The molecule has 3 N–H and O–H groups in total. The van der Waals surface area contributed by atoms with Gasteiger partial charge in [-0.15, -0.1) is 0 Å². The topological polar surface area (TPSA) is 68.4 Å². The molecule has 1 aliphatic rings. The van der Waals surface area contributed by atoms with Gasteiger partial charge in [0.1, 0.15) is 5.75 Å². The first kappa shape index (κ1) is 19.2. The predicted octanol–water partition coefficient (Wildman–Crippen LogP) is 5.12. The van der Waals surface area contributed by atoms with Crippen molar-refractivity contribution in [1.82, 2.24) is 4.98 Å². The van der Waals surface area contributed by atoms with Crippen molar-refractivity contribution in [3.63, 3.8) is 0 Å². The van der Waals surface area contributed by atoms with Crippen LogP contribution in [0.1, 0.15) is 46.0 Å². The van der Waals surface area contributed by atoms with Gasteiger partial charge in [-0.3, -0.25) is 4.98 Å². The largest absolute Gasteiger partial charge is 0.488 e. The Kier molecular flexibility index (Phi) is 5.31. The van der Waals surface area contributed by atoms with Crippen molar-refractivity contribution >= 4 is 24.9 Å². The van der Waals surface area contributed by atoms with E-state index in [4.69, 9.17) is 10.5 Å². The Bertz CT molecular complexity index is 762. The lowest BCUT2D eigenvalue weighted by Crippen LogP contribution is -2.40. The van der Waals surface area contributed by atoms with Crippen molar-refractivity contribution in [2.24, 2.45) is 5.92 Å². The Labute approximate surface area is 157 Å². The molecule has 2 aromatic rings. The summed E-state index contributed by atoms with van der Waals surface area (Å²) in [4.78, 5) is 14.9. The highest BCUT2D eigenvalue weighted by Gasteiger charge is 2.40. The number of aromatic nitrogens is 1. The Balaban J connectivity index is 1.60. The highest BCUT2D eigenvalue weighted by atomic mass is 28.4. The summed E-state index contributed by atoms with van der Waals surface area (Å²) in [5.74, 6) is 1.43. The number of nitrogens with zero attached hydrogens (tertiary/aromatic N) is 1. The van der Waals surface area contributed by atoms with Gasteiger partial charge in [0.15, 0.2) is 8.32 Å². The van der Waals surface area contributed by atoms with E-state index < -0.39 is 8.32 Å². The zero-order chi connectivity index (χ0) is 18.9. The number of pyridine rings is 1. The van der Waals surface area contributed by atoms with Crippen LogP contribution in [0.2, 0.25) is 18.1 Å². The molecule has 0 atom stereocenters. The fraction of sp³-hybridized carbons (Fsp3) is 0.571. The van der Waals surface area contributed by atoms with Gasteiger partial charge < -0.3 is 15.3 Å². The molecule has 1 fully saturated rings. The first-order valence-electron chi connectivity index (χ1n) is 9.69. The number of hydrogen-bond acceptors (Lipinski definition) is 4. The second-order valence-corrected chi connectivity index (χ2v) is 13.5. The van der Waals surface area contributed by atoms with E-state index in [1.54, 1.807) is 6.20 Å². The fourth-order valence-corrected chi connectivity index (χ4v) is 4.61. The quantitative estimate of drug-likeness (QED) is 0.564. The fourth-order valence-electron chi connectivity index (χ4n) is 3.83. The minimum absolute atomic E-state index is 0.0554. The van der Waals surface area contributed by atoms with Crippen LogP contribution in [0.3, 0.4) is 0 Å². The first-order chi connectivity index (χ1) is 12.2. The van der Waals surface area contributed by atoms with Crippen molar-refractivity contribution in [2.45, 2.75) is 70.2 Å². The predicted molar refractivity (Wildman–Crippen MR) is 111 cm³/mol. The molecule has 0 spiro atoms. The molecule has 1 heterocycles. The van der Waals surface area contributed by atoms with Crippen molar-refractivity contribution in [3.8, 4) is 5.75 Å². The molecule has 3 rings (SSSR count). The lowest BCUT2D eigenvalue weighted by atomic mass is 9.82. The van der Waals surface area contributed by atoms with Crippen LogP contribution >= 0.6 is 0 Å². The highest BCUT2D eigenvalue weighted by molar-refractivity contribution is 6.72. The Morgan fingerprint density at radius 2 is 1.92 bits per heavy atom. The monoisotopic (exact) mass is 372 g/mol. The zero-order valence-electron chi connectivity index (χ0n) is 16.5. The summed E-state index contributed by atoms with van der Waals surface area (Å²) in [5.41, 5.74) is 7.79. The number of nitrogen functional groups attached to an aromatic ring is 1. The summed E-state index contributed by atoms with van der Waals surface area (Å²) in [7, 11) is -2.14. The molecule has 0 bridgehead atoms. The molecule has 4 nitrogen and oxygen atoms in total. The Hall–Kier alpha value is -1.59. The van der Waals surface area contributed by atoms with Gasteiger partial charge in [0.2, 0.25) is 0 Å². The number of hydrogen-bond donors (Lipinski definition) is 2. The second-order valence-electron chi connectivity index (χ2n) is 8.99. The average molecular weight is 373 g/mol. The number of fused-ring (bicyclic) bond motifs is 1. The number of anilines is 1. The average Bonchev–Trinajstić information content (AvgIpc) is 2.56. The number of nitrogens with two attached hydrogens (primary N) is 1. The molecule has 0 unspecified atom stereocenters. The summed E-state index contributed by atoms with van der Waals surface area (Å²) in [5, 5.41) is 1.10. The number of ether oxygens (including phenoxy) is 1. The van der Waals surface area contributed by atoms with E-state index in [9.17, 15) is 4.80 Å². The summed E-state index contributed by atoms with van der Waals surface area (Å²) in [6.45, 7) is 8.56. The normalized spacial score (nSPS) is 21.7. The molecule has 1 aromatic heterocycles. The van der Waals surface area contributed by atoms with Gasteiger partial charge in [-0.2, -0.15) is 0 Å². The van der Waals surface area contributed by atoms with Crippen LogP contribution in [0, 0.1) is 5.92 Å². The molecule has 1 aliphatic carbocycles. The molecule has 0 amide bonds. The lowest BCUT2D eigenvalue weighted by molar-refractivity contribution is 0.125. The molecule has 1 saturated carbocycles. The molecule has 0 radical (unpaired) electrons. The van der Waals surface area contributed by atoms with Crippen LogP contribution in [-0.2, 0) is 0 Å². The maximum atomic E-state index is 10.5. The van der Waals surface area contributed by atoms with E-state index in [0.717, 1.165) is 48.8 Å². The van der Waals surface area contributed by atoms with Gasteiger partial charge in [0.25, 0.3) is 0 Å². The van der Waals surface area contributed by atoms with Crippen LogP contribution < -0.4 is 10.5 Å². The van der Waals surface area contributed by atoms with Crippen LogP contribution in [0.5, 0.6) is 5.75 Å². The van der Waals surface area contributed by atoms with Crippen LogP contribution in [0.4, 0.5) is 5.69 Å². The summed E-state index contributed by atoms with van der Waals surface area (Å²) >= 11 is 0. The SMILES string of the molecule is CC(C)(CC1CCC(Oc2cc3ncccc3cc2N)CC1)[Si](C)(C)O. The van der Waals surface area contributed by atoms with Gasteiger partial charge in [0.05, 0.1) is 17.3 Å². The summed E-state index contributed by atoms with van der Waals surface area (Å²) in [6.07, 6.45) is 7.53. The molecular formula is C21H32N2O2Si. The summed E-state index contributed by atoms with van der Waals surface area (Å²) in [6, 6.07) is 7.84. The van der Waals surface area contributed by atoms with Crippen molar-refractivity contribution < 1.29 is 9.53 Å². The molecule has 1 aromatic carbocycles. The third-order valence-corrected chi connectivity index (χ3v) is 9.79. The number of benzene rings is 1. The minimum Gasteiger partial charge on any atom is -0.488 e. The second kappa shape index (κ2) is 7.20. The van der Waals surface area contributed by atoms with Crippen LogP contribution in [-0.4, -0.2) is 24.2 Å². The standard InChI is InChI=1S/C21H32N2O2Si/c1-21(2,26(3,4)24)14-15-7-9-17(10-8-15)25-20-13-19-16(12-18(20)22)6-5-11-23-19/h5-6,11-13,15,17,24H,7-10,14,22H2,1-4H3. The van der Waals surface area contributed by atoms with Crippen LogP contribution in [0.25, 0.3) is 10.9 Å². The lowest BCUT2D eigenvalue weighted by Gasteiger charge is -2.40. The first-order valence-corrected chi connectivity index (χ1v) is 12.6. The third-order valence-electron chi connectivity index (χ3n) is 6.28. The van der Waals surface area contributed by atoms with E-state index in [1.165, 1.54) is 0 Å². The Morgan fingerprint density at radius 3 is 2.58 bits per heavy atom. The van der Waals surface area contributed by atoms with E-state index in [1.807, 2.05) is 24.3 Å². The maximum Gasteiger partial charge on any atom is 0.188 e. The van der Waals surface area contributed by atoms with Gasteiger partial charge in [0, 0.05) is 17.6 Å². The van der Waals surface area contributed by atoms with Gasteiger partial charge in [-0.1, -0.05) is 19.9 Å². The van der Waals surface area contributed by atoms with Gasteiger partial charge in [-0.25, -0.2) is 0 Å². The van der Waals surface area contributed by atoms with Crippen molar-refractivity contribution in [3.05, 3.63) is 30.5 Å². The van der Waals surface area contributed by atoms with E-state index in [0.29, 0.717) is 11.6 Å². The molecule has 0 aliphatic heterocycles.